The van der Waals surface area contributed by atoms with E-state index in [0.29, 0.717) is 12.1 Å². The molecule has 0 saturated carbocycles. The molecule has 102 valence electrons. The number of rotatable bonds is 4. The van der Waals surface area contributed by atoms with Crippen LogP contribution in [0.5, 0.6) is 0 Å². The van der Waals surface area contributed by atoms with Crippen LogP contribution in [0.15, 0.2) is 54.7 Å². The van der Waals surface area contributed by atoms with E-state index >= 15 is 0 Å². The molecule has 3 rings (SSSR count). The zero-order chi connectivity index (χ0) is 13.9. The predicted octanol–water partition coefficient (Wildman–Crippen LogP) is 4.16. The van der Waals surface area contributed by atoms with Crippen LogP contribution in [0.1, 0.15) is 24.1 Å². The van der Waals surface area contributed by atoms with E-state index in [-0.39, 0.29) is 11.9 Å². The molecule has 0 aliphatic rings. The summed E-state index contributed by atoms with van der Waals surface area (Å²) in [6, 6.07) is 15.1. The summed E-state index contributed by atoms with van der Waals surface area (Å²) in [7, 11) is 0. The zero-order valence-electron chi connectivity index (χ0n) is 11.4. The topological polar surface area (TPSA) is 27.8 Å². The number of hydrogen-bond donors (Lipinski definition) is 2. The van der Waals surface area contributed by atoms with Gasteiger partial charge in [0, 0.05) is 35.2 Å². The molecule has 3 heteroatoms. The van der Waals surface area contributed by atoms with Crippen molar-refractivity contribution in [1.82, 2.24) is 10.3 Å². The van der Waals surface area contributed by atoms with E-state index in [1.165, 1.54) is 17.0 Å². The summed E-state index contributed by atoms with van der Waals surface area (Å²) in [5.74, 6) is -0.161. The summed E-state index contributed by atoms with van der Waals surface area (Å²) in [6.07, 6.45) is 2.01. The molecule has 0 amide bonds. The van der Waals surface area contributed by atoms with Gasteiger partial charge in [0.1, 0.15) is 5.82 Å². The first kappa shape index (κ1) is 12.9. The minimum absolute atomic E-state index is 0.0233. The SMILES string of the molecule is C[C@@H](NCc1c[nH]c2ccccc12)c1ccccc1F. The van der Waals surface area contributed by atoms with Crippen LogP contribution in [-0.4, -0.2) is 4.98 Å². The molecular weight excluding hydrogens is 251 g/mol. The summed E-state index contributed by atoms with van der Waals surface area (Å²) >= 11 is 0. The Morgan fingerprint density at radius 1 is 1.10 bits per heavy atom. The number of fused-ring (bicyclic) bond motifs is 1. The molecule has 0 saturated heterocycles. The zero-order valence-corrected chi connectivity index (χ0v) is 11.4. The van der Waals surface area contributed by atoms with Crippen molar-refractivity contribution in [3.63, 3.8) is 0 Å². The maximum Gasteiger partial charge on any atom is 0.127 e. The maximum absolute atomic E-state index is 13.7. The maximum atomic E-state index is 13.7. The molecule has 1 heterocycles. The number of halogens is 1. The van der Waals surface area contributed by atoms with Gasteiger partial charge in [0.2, 0.25) is 0 Å². The smallest absolute Gasteiger partial charge is 0.127 e. The van der Waals surface area contributed by atoms with Crippen LogP contribution in [-0.2, 0) is 6.54 Å². The molecule has 0 aliphatic carbocycles. The van der Waals surface area contributed by atoms with Crippen LogP contribution < -0.4 is 5.32 Å². The van der Waals surface area contributed by atoms with Gasteiger partial charge in [0.05, 0.1) is 0 Å². The van der Waals surface area contributed by atoms with E-state index in [9.17, 15) is 4.39 Å². The van der Waals surface area contributed by atoms with Gasteiger partial charge in [-0.25, -0.2) is 4.39 Å². The number of H-pyrrole nitrogens is 1. The number of aromatic amines is 1. The van der Waals surface area contributed by atoms with Gasteiger partial charge in [-0.05, 0) is 24.6 Å². The van der Waals surface area contributed by atoms with E-state index in [4.69, 9.17) is 0 Å². The van der Waals surface area contributed by atoms with E-state index in [2.05, 4.69) is 22.4 Å². The lowest BCUT2D eigenvalue weighted by molar-refractivity contribution is 0.529. The van der Waals surface area contributed by atoms with Crippen LogP contribution in [0, 0.1) is 5.82 Å². The second kappa shape index (κ2) is 5.47. The number of aromatic nitrogens is 1. The minimum Gasteiger partial charge on any atom is -0.361 e. The molecule has 0 fully saturated rings. The van der Waals surface area contributed by atoms with Gasteiger partial charge in [-0.15, -0.1) is 0 Å². The van der Waals surface area contributed by atoms with Gasteiger partial charge < -0.3 is 10.3 Å². The van der Waals surface area contributed by atoms with Crippen molar-refractivity contribution in [2.24, 2.45) is 0 Å². The van der Waals surface area contributed by atoms with E-state index in [1.807, 2.05) is 37.4 Å². The Bertz CT molecular complexity index is 718. The summed E-state index contributed by atoms with van der Waals surface area (Å²) in [6.45, 7) is 2.69. The van der Waals surface area contributed by atoms with Gasteiger partial charge in [0.25, 0.3) is 0 Å². The van der Waals surface area contributed by atoms with Gasteiger partial charge in [-0.2, -0.15) is 0 Å². The first-order chi connectivity index (χ1) is 9.75. The number of para-hydroxylation sites is 1. The standard InChI is InChI=1S/C17H17FN2/c1-12(14-6-2-4-8-16(14)18)19-10-13-11-20-17-9-5-3-7-15(13)17/h2-9,11-12,19-20H,10H2,1H3/t12-/m1/s1. The van der Waals surface area contributed by atoms with Gasteiger partial charge in [-0.3, -0.25) is 0 Å². The van der Waals surface area contributed by atoms with Crippen molar-refractivity contribution >= 4 is 10.9 Å². The van der Waals surface area contributed by atoms with E-state index < -0.39 is 0 Å². The van der Waals surface area contributed by atoms with Gasteiger partial charge in [-0.1, -0.05) is 36.4 Å². The highest BCUT2D eigenvalue weighted by Gasteiger charge is 2.10. The lowest BCUT2D eigenvalue weighted by Crippen LogP contribution is -2.18. The van der Waals surface area contributed by atoms with E-state index in [0.717, 1.165) is 5.52 Å². The second-order valence-corrected chi connectivity index (χ2v) is 4.98. The molecule has 0 unspecified atom stereocenters. The third kappa shape index (κ3) is 2.45. The van der Waals surface area contributed by atoms with Crippen molar-refractivity contribution in [3.8, 4) is 0 Å². The van der Waals surface area contributed by atoms with Crippen molar-refractivity contribution in [1.29, 1.82) is 0 Å². The van der Waals surface area contributed by atoms with Crippen LogP contribution >= 0.6 is 0 Å². The first-order valence-corrected chi connectivity index (χ1v) is 6.78. The van der Waals surface area contributed by atoms with Crippen LogP contribution in [0.2, 0.25) is 0 Å². The molecule has 0 aliphatic heterocycles. The highest BCUT2D eigenvalue weighted by molar-refractivity contribution is 5.82. The van der Waals surface area contributed by atoms with Gasteiger partial charge >= 0.3 is 0 Å². The monoisotopic (exact) mass is 268 g/mol. The molecule has 3 aromatic rings. The summed E-state index contributed by atoms with van der Waals surface area (Å²) < 4.78 is 13.7. The minimum atomic E-state index is -0.161. The molecular formula is C17H17FN2. The van der Waals surface area contributed by atoms with Crippen LogP contribution in [0.25, 0.3) is 10.9 Å². The molecule has 2 nitrogen and oxygen atoms in total. The highest BCUT2D eigenvalue weighted by Crippen LogP contribution is 2.20. The number of benzene rings is 2. The molecule has 0 spiro atoms. The lowest BCUT2D eigenvalue weighted by atomic mass is 10.1. The van der Waals surface area contributed by atoms with Gasteiger partial charge in [0.15, 0.2) is 0 Å². The molecule has 1 aromatic heterocycles. The van der Waals surface area contributed by atoms with Crippen molar-refractivity contribution in [2.75, 3.05) is 0 Å². The Kier molecular flexibility index (Phi) is 3.52. The van der Waals surface area contributed by atoms with Crippen molar-refractivity contribution < 1.29 is 4.39 Å². The fourth-order valence-electron chi connectivity index (χ4n) is 2.48. The molecule has 2 N–H and O–H groups in total. The molecule has 0 bridgehead atoms. The average Bonchev–Trinajstić information content (AvgIpc) is 2.88. The van der Waals surface area contributed by atoms with Crippen LogP contribution in [0.3, 0.4) is 0 Å². The Hall–Kier alpha value is -2.13. The third-order valence-electron chi connectivity index (χ3n) is 3.65. The quantitative estimate of drug-likeness (QED) is 0.730. The number of nitrogens with one attached hydrogen (secondary N) is 2. The Morgan fingerprint density at radius 3 is 2.70 bits per heavy atom. The first-order valence-electron chi connectivity index (χ1n) is 6.78. The molecule has 1 atom stereocenters. The molecule has 0 radical (unpaired) electrons. The largest absolute Gasteiger partial charge is 0.361 e. The Morgan fingerprint density at radius 2 is 1.85 bits per heavy atom. The lowest BCUT2D eigenvalue weighted by Gasteiger charge is -2.14. The third-order valence-corrected chi connectivity index (χ3v) is 3.65. The Balaban J connectivity index is 1.75. The van der Waals surface area contributed by atoms with E-state index in [1.54, 1.807) is 6.07 Å². The van der Waals surface area contributed by atoms with Crippen molar-refractivity contribution in [2.45, 2.75) is 19.5 Å². The molecule has 2 aromatic carbocycles. The fraction of sp³-hybridized carbons (Fsp3) is 0.176. The Labute approximate surface area is 117 Å². The van der Waals surface area contributed by atoms with Crippen LogP contribution in [0.4, 0.5) is 4.39 Å². The summed E-state index contributed by atoms with van der Waals surface area (Å²) in [4.78, 5) is 3.25. The fourth-order valence-corrected chi connectivity index (χ4v) is 2.48. The summed E-state index contributed by atoms with van der Waals surface area (Å²) in [5.41, 5.74) is 3.03. The van der Waals surface area contributed by atoms with Crippen molar-refractivity contribution in [3.05, 3.63) is 71.7 Å². The summed E-state index contributed by atoms with van der Waals surface area (Å²) in [5, 5.41) is 4.58. The predicted molar refractivity (Wildman–Crippen MR) is 80.0 cm³/mol. The normalized spacial score (nSPS) is 12.7. The number of hydrogen-bond acceptors (Lipinski definition) is 1. The second-order valence-electron chi connectivity index (χ2n) is 4.98. The highest BCUT2D eigenvalue weighted by atomic mass is 19.1. The molecule has 20 heavy (non-hydrogen) atoms. The average molecular weight is 268 g/mol.